The average Bonchev–Trinajstić information content (AvgIpc) is 4.49. The molecular weight excluding hydrogens is 1000 g/mol. The molecule has 5 aliphatic rings. The molecule has 3 aromatic carbocycles. The summed E-state index contributed by atoms with van der Waals surface area (Å²) >= 11 is 0. The van der Waals surface area contributed by atoms with E-state index in [4.69, 9.17) is 9.72 Å². The topological polar surface area (TPSA) is 186 Å². The van der Waals surface area contributed by atoms with E-state index in [9.17, 15) is 23.7 Å². The van der Waals surface area contributed by atoms with Crippen LogP contribution in [0, 0.1) is 24.2 Å². The fourth-order valence-corrected chi connectivity index (χ4v) is 14.0. The van der Waals surface area contributed by atoms with Gasteiger partial charge in [0.15, 0.2) is 0 Å². The summed E-state index contributed by atoms with van der Waals surface area (Å²) in [4.78, 5) is 81.1. The fourth-order valence-electron chi connectivity index (χ4n) is 12.5. The fraction of sp³-hybridized carbons (Fsp3) is 0.508. The van der Waals surface area contributed by atoms with E-state index in [0.29, 0.717) is 49.1 Å². The van der Waals surface area contributed by atoms with Gasteiger partial charge in [-0.05, 0) is 147 Å². The zero-order valence-electron chi connectivity index (χ0n) is 46.4. The molecule has 6 bridgehead atoms. The lowest BCUT2D eigenvalue weighted by molar-refractivity contribution is -0.155. The molecule has 2 saturated heterocycles. The van der Waals surface area contributed by atoms with Crippen LogP contribution >= 0.6 is 0 Å². The predicted octanol–water partition coefficient (Wildman–Crippen LogP) is 7.84. The van der Waals surface area contributed by atoms with E-state index in [-0.39, 0.29) is 61.6 Å². The predicted molar refractivity (Wildman–Crippen MR) is 300 cm³/mol. The molecule has 7 atom stereocenters. The highest BCUT2D eigenvalue weighted by Gasteiger charge is 2.62. The number of cyclic esters (lactones) is 1. The normalized spacial score (nSPS) is 23.3. The van der Waals surface area contributed by atoms with E-state index in [0.717, 1.165) is 75.8 Å². The Morgan fingerprint density at radius 3 is 2.40 bits per heavy atom. The van der Waals surface area contributed by atoms with Crippen molar-refractivity contribution in [3.8, 4) is 28.1 Å². The van der Waals surface area contributed by atoms with Crippen LogP contribution in [0.3, 0.4) is 0 Å². The van der Waals surface area contributed by atoms with E-state index < -0.39 is 64.3 Å². The van der Waals surface area contributed by atoms with Crippen molar-refractivity contribution < 1.29 is 38.0 Å². The lowest BCUT2D eigenvalue weighted by atomic mass is 9.83. The van der Waals surface area contributed by atoms with Crippen LogP contribution in [0.2, 0.25) is 0 Å². The quantitative estimate of drug-likeness (QED) is 0.0775. The van der Waals surface area contributed by atoms with Crippen LogP contribution < -0.4 is 10.7 Å². The molecule has 1 unspecified atom stereocenters. The van der Waals surface area contributed by atoms with Gasteiger partial charge in [0.2, 0.25) is 17.7 Å². The minimum atomic E-state index is -1.54. The third-order valence-electron chi connectivity index (χ3n) is 16.7. The van der Waals surface area contributed by atoms with Gasteiger partial charge in [-0.1, -0.05) is 70.4 Å². The summed E-state index contributed by atoms with van der Waals surface area (Å²) < 4.78 is 24.1. The van der Waals surface area contributed by atoms with Crippen molar-refractivity contribution in [3.63, 3.8) is 0 Å². The Bertz CT molecular complexity index is 3150. The number of nitrogens with zero attached hydrogens (tertiary/aromatic N) is 6. The molecule has 16 nitrogen and oxygen atoms in total. The van der Waals surface area contributed by atoms with E-state index >= 15 is 9.59 Å². The van der Waals surface area contributed by atoms with Gasteiger partial charge < -0.3 is 29.5 Å². The van der Waals surface area contributed by atoms with Crippen LogP contribution in [0.4, 0.5) is 0 Å². The number of esters is 1. The second kappa shape index (κ2) is 22.4. The van der Waals surface area contributed by atoms with Crippen molar-refractivity contribution in [1.82, 2.24) is 39.4 Å². The minimum Gasteiger partial charge on any atom is -0.508 e. The molecule has 78 heavy (non-hydrogen) atoms. The summed E-state index contributed by atoms with van der Waals surface area (Å²) in [5.41, 5.74) is 11.1. The number of carbonyl (C=O) groups excluding carboxylic acids is 5. The third-order valence-corrected chi connectivity index (χ3v) is 18.3. The van der Waals surface area contributed by atoms with Gasteiger partial charge in [0.25, 0.3) is 5.91 Å². The number of hydrogen-bond donors (Lipinski definition) is 3. The second-order valence-electron chi connectivity index (χ2n) is 23.7. The molecule has 2 saturated carbocycles. The van der Waals surface area contributed by atoms with Crippen LogP contribution in [0.5, 0.6) is 5.75 Å². The molecule has 5 aromatic rings. The number of hydrogen-bond acceptors (Lipinski definition) is 10. The van der Waals surface area contributed by atoms with Gasteiger partial charge in [0.05, 0.1) is 35.5 Å². The van der Waals surface area contributed by atoms with Crippen molar-refractivity contribution in [1.29, 1.82) is 0 Å². The van der Waals surface area contributed by atoms with Crippen molar-refractivity contribution in [2.24, 2.45) is 17.3 Å². The van der Waals surface area contributed by atoms with Crippen LogP contribution in [0.25, 0.3) is 33.3 Å². The van der Waals surface area contributed by atoms with Crippen LogP contribution in [0.15, 0.2) is 83.9 Å². The smallest absolute Gasteiger partial charge is 0.324 e. The molecule has 0 radical (unpaired) electrons. The molecule has 5 heterocycles. The van der Waals surface area contributed by atoms with Crippen molar-refractivity contribution in [2.45, 2.75) is 153 Å². The maximum absolute atomic E-state index is 15.1. The highest BCUT2D eigenvalue weighted by molar-refractivity contribution is 7.83. The number of carbonyl (C=O) groups is 5. The number of phenolic OH excluding ortho intramolecular Hbond substituents is 1. The number of aromatic hydroxyl groups is 1. The van der Waals surface area contributed by atoms with Crippen molar-refractivity contribution >= 4 is 51.5 Å². The summed E-state index contributed by atoms with van der Waals surface area (Å²) in [5, 5.41) is 17.0. The van der Waals surface area contributed by atoms with Gasteiger partial charge in [0, 0.05) is 61.7 Å². The summed E-state index contributed by atoms with van der Waals surface area (Å²) in [5.74, 6) is -2.01. The molecule has 414 valence electrons. The highest BCUT2D eigenvalue weighted by atomic mass is 32.2. The molecule has 17 heteroatoms. The maximum atomic E-state index is 15.1. The standard InChI is InChI=1S/C61H76N8O8S/c1-9-67-50-25-22-41-32-46(50)47(55(67)45-16-12-26-62-52(45)36(2)3)33-61(5,6)35-77-60(75)48-17-13-27-68(64-48)58(73)49(30-38-28-42(41)31-43(70)29-38)63-57(72)54(39-14-10-11-15-39)66(8)51(71)34-65(7)59(74)56-53(40-20-21-40)69(56)78(76)44-23-18-37(4)19-24-44/h12,16,18-19,22-26,28-29,31-32,36,39-40,48-49,53-54,56,64,70H,9-11,13-15,17,20-21,27,30,33-35H2,1-8H3,(H,63,72)/t48-,49-,53+,54-,56+,69?,78+/m0/s1. The third kappa shape index (κ3) is 11.2. The number of phenols is 1. The summed E-state index contributed by atoms with van der Waals surface area (Å²) in [6.45, 7) is 13.4. The van der Waals surface area contributed by atoms with E-state index in [1.807, 2.05) is 55.6 Å². The monoisotopic (exact) mass is 1080 g/mol. The van der Waals surface area contributed by atoms with Gasteiger partial charge in [-0.15, -0.1) is 0 Å². The Morgan fingerprint density at radius 2 is 1.69 bits per heavy atom. The molecule has 3 N–H and O–H groups in total. The summed E-state index contributed by atoms with van der Waals surface area (Å²) in [6, 6.07) is 19.4. The minimum absolute atomic E-state index is 0.00877. The van der Waals surface area contributed by atoms with E-state index in [1.54, 1.807) is 30.5 Å². The molecule has 4 fully saturated rings. The zero-order valence-corrected chi connectivity index (χ0v) is 47.2. The molecular formula is C61H76N8O8S. The lowest BCUT2D eigenvalue weighted by Gasteiger charge is -2.37. The number of ether oxygens (including phenoxy) is 1. The molecule has 0 spiro atoms. The number of amides is 4. The Labute approximate surface area is 460 Å². The Kier molecular flexibility index (Phi) is 15.7. The van der Waals surface area contributed by atoms with E-state index in [1.165, 1.54) is 14.8 Å². The number of rotatable bonds is 13. The van der Waals surface area contributed by atoms with Crippen molar-refractivity contribution in [3.05, 3.63) is 101 Å². The second-order valence-corrected chi connectivity index (χ2v) is 25.1. The van der Waals surface area contributed by atoms with Gasteiger partial charge in [-0.2, -0.15) is 0 Å². The maximum Gasteiger partial charge on any atom is 0.324 e. The summed E-state index contributed by atoms with van der Waals surface area (Å²) in [7, 11) is 1.62. The first kappa shape index (κ1) is 54.9. The first-order valence-corrected chi connectivity index (χ1v) is 29.2. The van der Waals surface area contributed by atoms with Gasteiger partial charge in [-0.25, -0.2) is 13.9 Å². The Hall–Kier alpha value is -6.43. The number of nitrogens with one attached hydrogen (secondary N) is 2. The number of fused-ring (bicyclic) bond motifs is 6. The molecule has 10 rings (SSSR count). The SMILES string of the molecule is CCn1c(-c2cccnc2C(C)C)c2c3cc(ccc31)-c1cc(O)cc(c1)C[C@H](NC(=O)[C@H](C1CCCC1)N(C)C(=O)CN(C)C(=O)[C@H]1[C@@H](C3CC3)N1[S@](=O)c1ccc(C)cc1)C(=O)N1CCC[C@H](N1)C(=O)OCC(C)(C)C2. The Balaban J connectivity index is 0.961. The molecule has 4 amide bonds. The van der Waals surface area contributed by atoms with E-state index in [2.05, 4.69) is 68.1 Å². The Morgan fingerprint density at radius 1 is 0.949 bits per heavy atom. The largest absolute Gasteiger partial charge is 0.508 e. The number of aryl methyl sites for hydroxylation is 2. The molecule has 2 aromatic heterocycles. The molecule has 2 aliphatic carbocycles. The first-order chi connectivity index (χ1) is 37.3. The first-order valence-electron chi connectivity index (χ1n) is 28.1. The van der Waals surface area contributed by atoms with Crippen molar-refractivity contribution in [2.75, 3.05) is 33.8 Å². The number of aromatic nitrogens is 2. The highest BCUT2D eigenvalue weighted by Crippen LogP contribution is 2.49. The van der Waals surface area contributed by atoms with Gasteiger partial charge in [-0.3, -0.25) is 34.0 Å². The number of benzene rings is 3. The van der Waals surface area contributed by atoms with Crippen LogP contribution in [-0.2, 0) is 59.1 Å². The number of pyridine rings is 1. The van der Waals surface area contributed by atoms with Crippen LogP contribution in [-0.4, -0.2) is 132 Å². The van der Waals surface area contributed by atoms with Crippen LogP contribution in [0.1, 0.15) is 114 Å². The van der Waals surface area contributed by atoms with Gasteiger partial charge >= 0.3 is 5.97 Å². The number of likely N-dealkylation sites (N-methyl/N-ethyl adjacent to an activating group) is 2. The molecule has 3 aliphatic heterocycles. The van der Waals surface area contributed by atoms with Gasteiger partial charge in [0.1, 0.15) is 40.9 Å². The zero-order chi connectivity index (χ0) is 55.3. The summed E-state index contributed by atoms with van der Waals surface area (Å²) in [6.07, 6.45) is 8.34. The lowest BCUT2D eigenvalue weighted by Crippen LogP contribution is -2.62. The average molecular weight is 1080 g/mol. The number of hydrazine groups is 1.